The molecule has 1 saturated carbocycles. The zero-order valence-electron chi connectivity index (χ0n) is 9.60. The maximum absolute atomic E-state index is 10.5. The minimum Gasteiger partial charge on any atom is -0.370 e. The summed E-state index contributed by atoms with van der Waals surface area (Å²) in [7, 11) is 0. The molecule has 96 valence electrons. The zero-order valence-corrected chi connectivity index (χ0v) is 10.4. The van der Waals surface area contributed by atoms with Crippen molar-refractivity contribution in [1.29, 1.82) is 0 Å². The van der Waals surface area contributed by atoms with Gasteiger partial charge in [0.2, 0.25) is 0 Å². The third-order valence-electron chi connectivity index (χ3n) is 2.60. The van der Waals surface area contributed by atoms with Gasteiger partial charge in [0, 0.05) is 18.2 Å². The van der Waals surface area contributed by atoms with Crippen LogP contribution in [0.5, 0.6) is 0 Å². The van der Waals surface area contributed by atoms with E-state index in [-0.39, 0.29) is 5.69 Å². The molecule has 7 heteroatoms. The molecule has 0 radical (unpaired) electrons. The summed E-state index contributed by atoms with van der Waals surface area (Å²) in [5.41, 5.74) is 6.36. The molecule has 0 unspecified atom stereocenters. The van der Waals surface area contributed by atoms with Crippen molar-refractivity contribution in [1.82, 2.24) is 5.32 Å². The Bertz CT molecular complexity index is 500. The van der Waals surface area contributed by atoms with E-state index in [2.05, 4.69) is 10.3 Å². The van der Waals surface area contributed by atoms with Gasteiger partial charge in [-0.25, -0.2) is 4.99 Å². The molecule has 3 N–H and O–H groups in total. The van der Waals surface area contributed by atoms with E-state index in [1.165, 1.54) is 12.1 Å². The largest absolute Gasteiger partial charge is 0.370 e. The second-order valence-corrected chi connectivity index (χ2v) is 4.56. The number of benzene rings is 1. The molecule has 0 aliphatic heterocycles. The van der Waals surface area contributed by atoms with Gasteiger partial charge in [0.25, 0.3) is 5.69 Å². The van der Waals surface area contributed by atoms with Crippen LogP contribution in [-0.4, -0.2) is 16.9 Å². The maximum atomic E-state index is 10.5. The predicted octanol–water partition coefficient (Wildman–Crippen LogP) is 1.81. The first-order valence-electron chi connectivity index (χ1n) is 5.55. The molecular weight excluding hydrogens is 256 g/mol. The molecule has 2 rings (SSSR count). The van der Waals surface area contributed by atoms with Gasteiger partial charge >= 0.3 is 0 Å². The molecular formula is C11H13ClN4O2. The number of non-ortho nitro benzene ring substituents is 1. The lowest BCUT2D eigenvalue weighted by atomic mass is 10.2. The van der Waals surface area contributed by atoms with E-state index >= 15 is 0 Å². The molecule has 0 atom stereocenters. The van der Waals surface area contributed by atoms with Crippen LogP contribution in [0.25, 0.3) is 0 Å². The van der Waals surface area contributed by atoms with Crippen molar-refractivity contribution < 1.29 is 4.92 Å². The van der Waals surface area contributed by atoms with Gasteiger partial charge in [0.1, 0.15) is 0 Å². The highest BCUT2D eigenvalue weighted by Crippen LogP contribution is 2.23. The number of aliphatic imine (C=N–C) groups is 1. The Morgan fingerprint density at radius 2 is 2.33 bits per heavy atom. The van der Waals surface area contributed by atoms with Crippen molar-refractivity contribution in [2.75, 3.05) is 0 Å². The fourth-order valence-electron chi connectivity index (χ4n) is 1.43. The Labute approximate surface area is 109 Å². The number of guanidine groups is 1. The van der Waals surface area contributed by atoms with Gasteiger partial charge in [-0.1, -0.05) is 11.6 Å². The number of hydrogen-bond donors (Lipinski definition) is 2. The summed E-state index contributed by atoms with van der Waals surface area (Å²) in [6.45, 7) is 0.308. The summed E-state index contributed by atoms with van der Waals surface area (Å²) >= 11 is 5.94. The van der Waals surface area contributed by atoms with Crippen LogP contribution in [0.3, 0.4) is 0 Å². The van der Waals surface area contributed by atoms with E-state index in [1.807, 2.05) is 0 Å². The zero-order chi connectivity index (χ0) is 13.1. The molecule has 1 aliphatic rings. The van der Waals surface area contributed by atoms with E-state index < -0.39 is 4.92 Å². The molecule has 0 saturated heterocycles. The van der Waals surface area contributed by atoms with Crippen molar-refractivity contribution in [2.24, 2.45) is 10.7 Å². The molecule has 0 aromatic heterocycles. The van der Waals surface area contributed by atoms with Gasteiger partial charge in [0.05, 0.1) is 16.5 Å². The van der Waals surface area contributed by atoms with Crippen LogP contribution < -0.4 is 11.1 Å². The van der Waals surface area contributed by atoms with Gasteiger partial charge < -0.3 is 11.1 Å². The number of nitrogens with two attached hydrogens (primary N) is 1. The van der Waals surface area contributed by atoms with E-state index in [1.54, 1.807) is 6.07 Å². The topological polar surface area (TPSA) is 93.5 Å². The standard InChI is InChI=1S/C11H13ClN4O2/c12-10-5-9(16(17)18)4-1-7(10)6-14-11(13)15-8-2-3-8/h1,4-5,8H,2-3,6H2,(H3,13,14,15). The highest BCUT2D eigenvalue weighted by Gasteiger charge is 2.21. The molecule has 0 amide bonds. The predicted molar refractivity (Wildman–Crippen MR) is 69.6 cm³/mol. The average Bonchev–Trinajstić information content (AvgIpc) is 3.11. The molecule has 0 heterocycles. The Balaban J connectivity index is 2.02. The van der Waals surface area contributed by atoms with Crippen LogP contribution in [0.15, 0.2) is 23.2 Å². The summed E-state index contributed by atoms with van der Waals surface area (Å²) in [5, 5.41) is 13.9. The van der Waals surface area contributed by atoms with E-state index in [9.17, 15) is 10.1 Å². The Hall–Kier alpha value is -1.82. The van der Waals surface area contributed by atoms with Crippen LogP contribution in [-0.2, 0) is 6.54 Å². The van der Waals surface area contributed by atoms with Gasteiger partial charge in [-0.3, -0.25) is 10.1 Å². The number of nitro benzene ring substituents is 1. The van der Waals surface area contributed by atoms with Crippen LogP contribution in [0.1, 0.15) is 18.4 Å². The van der Waals surface area contributed by atoms with Crippen LogP contribution in [0, 0.1) is 10.1 Å². The Kier molecular flexibility index (Phi) is 3.66. The Morgan fingerprint density at radius 1 is 1.61 bits per heavy atom. The number of hydrogen-bond acceptors (Lipinski definition) is 3. The summed E-state index contributed by atoms with van der Waals surface area (Å²) in [5.74, 6) is 0.381. The van der Waals surface area contributed by atoms with E-state index in [4.69, 9.17) is 17.3 Å². The molecule has 1 aromatic rings. The lowest BCUT2D eigenvalue weighted by molar-refractivity contribution is -0.384. The number of rotatable bonds is 4. The summed E-state index contributed by atoms with van der Waals surface area (Å²) in [6, 6.07) is 4.76. The molecule has 0 bridgehead atoms. The first-order valence-corrected chi connectivity index (χ1v) is 5.93. The van der Waals surface area contributed by atoms with Crippen LogP contribution in [0.2, 0.25) is 5.02 Å². The normalized spacial score (nSPS) is 15.5. The molecule has 18 heavy (non-hydrogen) atoms. The number of nitro groups is 1. The SMILES string of the molecule is NC(=NCc1ccc([N+](=O)[O-])cc1Cl)NC1CC1. The van der Waals surface area contributed by atoms with Crippen molar-refractivity contribution in [3.63, 3.8) is 0 Å². The van der Waals surface area contributed by atoms with Crippen molar-refractivity contribution >= 4 is 23.2 Å². The number of nitrogens with zero attached hydrogens (tertiary/aromatic N) is 2. The lowest BCUT2D eigenvalue weighted by Gasteiger charge is -2.04. The highest BCUT2D eigenvalue weighted by molar-refractivity contribution is 6.31. The lowest BCUT2D eigenvalue weighted by Crippen LogP contribution is -2.33. The monoisotopic (exact) mass is 268 g/mol. The molecule has 6 nitrogen and oxygen atoms in total. The summed E-state index contributed by atoms with van der Waals surface area (Å²) in [4.78, 5) is 14.2. The van der Waals surface area contributed by atoms with Crippen molar-refractivity contribution in [2.45, 2.75) is 25.4 Å². The van der Waals surface area contributed by atoms with Crippen LogP contribution in [0.4, 0.5) is 5.69 Å². The first-order chi connectivity index (χ1) is 8.56. The minimum absolute atomic E-state index is 0.0307. The smallest absolute Gasteiger partial charge is 0.270 e. The molecule has 1 aliphatic carbocycles. The summed E-state index contributed by atoms with van der Waals surface area (Å²) < 4.78 is 0. The molecule has 0 spiro atoms. The minimum atomic E-state index is -0.484. The molecule has 1 fully saturated rings. The van der Waals surface area contributed by atoms with Gasteiger partial charge in [-0.15, -0.1) is 0 Å². The number of nitrogens with one attached hydrogen (secondary N) is 1. The molecule has 1 aromatic carbocycles. The fraction of sp³-hybridized carbons (Fsp3) is 0.364. The van der Waals surface area contributed by atoms with Gasteiger partial charge in [-0.05, 0) is 24.5 Å². The van der Waals surface area contributed by atoms with Crippen LogP contribution >= 0.6 is 11.6 Å². The van der Waals surface area contributed by atoms with E-state index in [0.717, 1.165) is 12.8 Å². The first kappa shape index (κ1) is 12.6. The summed E-state index contributed by atoms with van der Waals surface area (Å²) in [6.07, 6.45) is 2.24. The van der Waals surface area contributed by atoms with Gasteiger partial charge in [0.15, 0.2) is 5.96 Å². The third-order valence-corrected chi connectivity index (χ3v) is 2.95. The maximum Gasteiger partial charge on any atom is 0.270 e. The average molecular weight is 269 g/mol. The van der Waals surface area contributed by atoms with Gasteiger partial charge in [-0.2, -0.15) is 0 Å². The quantitative estimate of drug-likeness (QED) is 0.377. The second kappa shape index (κ2) is 5.22. The number of halogens is 1. The third kappa shape index (κ3) is 3.33. The second-order valence-electron chi connectivity index (χ2n) is 4.15. The van der Waals surface area contributed by atoms with E-state index in [0.29, 0.717) is 29.1 Å². The highest BCUT2D eigenvalue weighted by atomic mass is 35.5. The Morgan fingerprint density at radius 3 is 2.89 bits per heavy atom. The van der Waals surface area contributed by atoms with Crippen molar-refractivity contribution in [3.05, 3.63) is 38.9 Å². The van der Waals surface area contributed by atoms with Crippen molar-refractivity contribution in [3.8, 4) is 0 Å². The fourth-order valence-corrected chi connectivity index (χ4v) is 1.67.